The first kappa shape index (κ1) is 16.7. The number of imidazole rings is 1. The van der Waals surface area contributed by atoms with Gasteiger partial charge in [-0.2, -0.15) is 0 Å². The third-order valence-electron chi connectivity index (χ3n) is 4.41. The second-order valence-corrected chi connectivity index (χ2v) is 7.70. The van der Waals surface area contributed by atoms with Crippen molar-refractivity contribution in [1.82, 2.24) is 24.3 Å². The van der Waals surface area contributed by atoms with Gasteiger partial charge in [0.25, 0.3) is 5.91 Å². The number of hydrogen-bond acceptors (Lipinski definition) is 4. The van der Waals surface area contributed by atoms with Gasteiger partial charge in [0, 0.05) is 37.6 Å². The molecule has 3 aromatic heterocycles. The van der Waals surface area contributed by atoms with Crippen LogP contribution >= 0.6 is 31.9 Å². The molecule has 25 heavy (non-hydrogen) atoms. The Hall–Kier alpha value is -1.80. The smallest absolute Gasteiger partial charge is 0.290 e. The maximum Gasteiger partial charge on any atom is 0.290 e. The van der Waals surface area contributed by atoms with Crippen LogP contribution in [0, 0.1) is 0 Å². The van der Waals surface area contributed by atoms with Crippen LogP contribution in [0.1, 0.15) is 35.2 Å². The molecule has 0 radical (unpaired) electrons. The molecule has 0 spiro atoms. The monoisotopic (exact) mass is 463 g/mol. The molecule has 8 heteroatoms. The van der Waals surface area contributed by atoms with Crippen molar-refractivity contribution >= 4 is 43.3 Å². The summed E-state index contributed by atoms with van der Waals surface area (Å²) < 4.78 is 3.36. The summed E-state index contributed by atoms with van der Waals surface area (Å²) in [7, 11) is 0. The molecule has 4 rings (SSSR count). The Kier molecular flexibility index (Phi) is 4.56. The van der Waals surface area contributed by atoms with Gasteiger partial charge < -0.3 is 4.90 Å². The molecule has 1 atom stereocenters. The lowest BCUT2D eigenvalue weighted by Crippen LogP contribution is -2.40. The van der Waals surface area contributed by atoms with E-state index in [0.29, 0.717) is 17.0 Å². The van der Waals surface area contributed by atoms with E-state index in [0.717, 1.165) is 35.2 Å². The van der Waals surface area contributed by atoms with Crippen molar-refractivity contribution in [3.63, 3.8) is 0 Å². The maximum atomic E-state index is 13.0. The van der Waals surface area contributed by atoms with Crippen LogP contribution in [0.4, 0.5) is 0 Å². The van der Waals surface area contributed by atoms with E-state index < -0.39 is 0 Å². The van der Waals surface area contributed by atoms with Crippen molar-refractivity contribution < 1.29 is 4.79 Å². The van der Waals surface area contributed by atoms with Crippen molar-refractivity contribution in [1.29, 1.82) is 0 Å². The first-order chi connectivity index (χ1) is 12.1. The Labute approximate surface area is 161 Å². The topological polar surface area (TPSA) is 63.4 Å². The van der Waals surface area contributed by atoms with Crippen molar-refractivity contribution in [3.8, 4) is 0 Å². The summed E-state index contributed by atoms with van der Waals surface area (Å²) >= 11 is 6.79. The summed E-state index contributed by atoms with van der Waals surface area (Å²) in [6.45, 7) is 1.34. The van der Waals surface area contributed by atoms with Crippen molar-refractivity contribution in [3.05, 3.63) is 57.5 Å². The molecule has 128 valence electrons. The Morgan fingerprint density at radius 3 is 2.80 bits per heavy atom. The number of piperidine rings is 1. The zero-order chi connectivity index (χ0) is 17.4. The number of amides is 1. The largest absolute Gasteiger partial charge is 0.335 e. The molecule has 4 heterocycles. The van der Waals surface area contributed by atoms with Gasteiger partial charge in [0.2, 0.25) is 5.82 Å². The van der Waals surface area contributed by atoms with Gasteiger partial charge in [-0.3, -0.25) is 9.20 Å². The molecule has 1 unspecified atom stereocenters. The zero-order valence-electron chi connectivity index (χ0n) is 13.3. The van der Waals surface area contributed by atoms with E-state index in [4.69, 9.17) is 0 Å². The number of carbonyl (C=O) groups is 1. The highest BCUT2D eigenvalue weighted by Gasteiger charge is 2.29. The van der Waals surface area contributed by atoms with E-state index in [1.807, 2.05) is 33.7 Å². The van der Waals surface area contributed by atoms with Gasteiger partial charge in [-0.05, 0) is 56.8 Å². The summed E-state index contributed by atoms with van der Waals surface area (Å²) in [6.07, 6.45) is 7.28. The van der Waals surface area contributed by atoms with Crippen LogP contribution in [0.5, 0.6) is 0 Å². The second-order valence-electron chi connectivity index (χ2n) is 6.03. The van der Waals surface area contributed by atoms with Gasteiger partial charge in [-0.1, -0.05) is 6.07 Å². The number of halogens is 2. The Morgan fingerprint density at radius 1 is 1.20 bits per heavy atom. The van der Waals surface area contributed by atoms with Crippen LogP contribution < -0.4 is 0 Å². The van der Waals surface area contributed by atoms with Crippen LogP contribution in [0.15, 0.2) is 45.9 Å². The number of pyridine rings is 1. The molecule has 1 aliphatic rings. The highest BCUT2D eigenvalue weighted by molar-refractivity contribution is 9.10. The minimum absolute atomic E-state index is 0.0614. The number of hydrogen-bond donors (Lipinski definition) is 0. The molecular weight excluding hydrogens is 450 g/mol. The fraction of sp³-hybridized carbons (Fsp3) is 0.294. The van der Waals surface area contributed by atoms with Gasteiger partial charge in [-0.15, -0.1) is 0 Å². The van der Waals surface area contributed by atoms with Crippen LogP contribution in [0.3, 0.4) is 0 Å². The van der Waals surface area contributed by atoms with Crippen LogP contribution in [-0.4, -0.2) is 43.2 Å². The average Bonchev–Trinajstić information content (AvgIpc) is 2.99. The van der Waals surface area contributed by atoms with Crippen molar-refractivity contribution in [2.75, 3.05) is 13.1 Å². The second kappa shape index (κ2) is 6.84. The lowest BCUT2D eigenvalue weighted by Gasteiger charge is -2.31. The van der Waals surface area contributed by atoms with Gasteiger partial charge in [0.15, 0.2) is 0 Å². The third kappa shape index (κ3) is 3.20. The Morgan fingerprint density at radius 2 is 2.00 bits per heavy atom. The molecular formula is C17H15Br2N5O. The number of nitrogens with zero attached hydrogens (tertiary/aromatic N) is 5. The molecule has 0 saturated carbocycles. The lowest BCUT2D eigenvalue weighted by molar-refractivity contribution is 0.0691. The van der Waals surface area contributed by atoms with Gasteiger partial charge in [0.1, 0.15) is 10.4 Å². The normalized spacial score (nSPS) is 17.8. The molecule has 0 N–H and O–H groups in total. The van der Waals surface area contributed by atoms with E-state index in [1.165, 1.54) is 0 Å². The number of rotatable bonds is 2. The van der Waals surface area contributed by atoms with Gasteiger partial charge in [0.05, 0.1) is 9.99 Å². The standard InChI is InChI=1S/C17H15Br2N5O/c18-12-8-20-15(21-9-12)11-4-3-6-23(10-11)17(25)16-22-14(19)13-5-1-2-7-24(13)16/h1-2,5,7-9,11H,3-4,6,10H2. The number of carbonyl (C=O) groups excluding carboxylic acids is 1. The van der Waals surface area contributed by atoms with Crippen LogP contribution in [-0.2, 0) is 0 Å². The van der Waals surface area contributed by atoms with E-state index in [1.54, 1.807) is 12.4 Å². The summed E-state index contributed by atoms with van der Waals surface area (Å²) in [5, 5.41) is 0. The van der Waals surface area contributed by atoms with E-state index >= 15 is 0 Å². The fourth-order valence-corrected chi connectivity index (χ4v) is 3.89. The third-order valence-corrected chi connectivity index (χ3v) is 5.40. The summed E-state index contributed by atoms with van der Waals surface area (Å²) in [6, 6.07) is 5.76. The van der Waals surface area contributed by atoms with E-state index in [-0.39, 0.29) is 11.8 Å². The fourth-order valence-electron chi connectivity index (χ4n) is 3.20. The lowest BCUT2D eigenvalue weighted by atomic mass is 9.97. The molecule has 1 saturated heterocycles. The molecule has 0 bridgehead atoms. The minimum atomic E-state index is -0.0614. The van der Waals surface area contributed by atoms with E-state index in [2.05, 4.69) is 46.8 Å². The Bertz CT molecular complexity index is 924. The van der Waals surface area contributed by atoms with Crippen molar-refractivity contribution in [2.24, 2.45) is 0 Å². The zero-order valence-corrected chi connectivity index (χ0v) is 16.4. The summed E-state index contributed by atoms with van der Waals surface area (Å²) in [5.41, 5.74) is 0.885. The number of aromatic nitrogens is 4. The molecule has 6 nitrogen and oxygen atoms in total. The summed E-state index contributed by atoms with van der Waals surface area (Å²) in [4.78, 5) is 28.1. The quantitative estimate of drug-likeness (QED) is 0.580. The predicted octanol–water partition coefficient (Wildman–Crippen LogP) is 3.67. The van der Waals surface area contributed by atoms with Crippen LogP contribution in [0.2, 0.25) is 0 Å². The molecule has 3 aromatic rings. The molecule has 1 aliphatic heterocycles. The molecule has 0 aromatic carbocycles. The first-order valence-electron chi connectivity index (χ1n) is 8.03. The van der Waals surface area contributed by atoms with Gasteiger partial charge in [-0.25, -0.2) is 15.0 Å². The van der Waals surface area contributed by atoms with Crippen LogP contribution in [0.25, 0.3) is 5.52 Å². The molecule has 1 amide bonds. The number of fused-ring (bicyclic) bond motifs is 1. The highest BCUT2D eigenvalue weighted by atomic mass is 79.9. The molecule has 1 fully saturated rings. The van der Waals surface area contributed by atoms with Gasteiger partial charge >= 0.3 is 0 Å². The average molecular weight is 465 g/mol. The minimum Gasteiger partial charge on any atom is -0.335 e. The summed E-state index contributed by atoms with van der Waals surface area (Å²) in [5.74, 6) is 1.31. The predicted molar refractivity (Wildman–Crippen MR) is 101 cm³/mol. The van der Waals surface area contributed by atoms with Crippen molar-refractivity contribution in [2.45, 2.75) is 18.8 Å². The van der Waals surface area contributed by atoms with E-state index in [9.17, 15) is 4.79 Å². The Balaban J connectivity index is 1.60. The molecule has 0 aliphatic carbocycles. The highest BCUT2D eigenvalue weighted by Crippen LogP contribution is 2.27. The maximum absolute atomic E-state index is 13.0. The SMILES string of the molecule is O=C(c1nc(Br)c2ccccn12)N1CCCC(c2ncc(Br)cn2)C1. The first-order valence-corrected chi connectivity index (χ1v) is 9.61. The number of likely N-dealkylation sites (tertiary alicyclic amines) is 1.